The quantitative estimate of drug-likeness (QED) is 0.461. The van der Waals surface area contributed by atoms with Crippen LogP contribution >= 0.6 is 0 Å². The Hall–Kier alpha value is 0.856. The molecular weight excluding hydrogens is 207 g/mol. The predicted octanol–water partition coefficient (Wildman–Crippen LogP) is 1.09. The molecule has 0 aromatic heterocycles. The van der Waals surface area contributed by atoms with Crippen molar-refractivity contribution in [2.24, 2.45) is 0 Å². The van der Waals surface area contributed by atoms with Gasteiger partial charge in [0.25, 0.3) is 0 Å². The van der Waals surface area contributed by atoms with Crippen molar-refractivity contribution in [1.82, 2.24) is 0 Å². The summed E-state index contributed by atoms with van der Waals surface area (Å²) in [6.45, 7) is 13.4. The molecule has 0 heterocycles. The van der Waals surface area contributed by atoms with Crippen LogP contribution in [0.5, 0.6) is 0 Å². The number of hydrogen-bond acceptors (Lipinski definition) is 0. The zero-order valence-electron chi connectivity index (χ0n) is 11.2. The first-order chi connectivity index (χ1) is 6.21. The molecule has 0 spiro atoms. The molecule has 0 aliphatic rings. The van der Waals surface area contributed by atoms with Gasteiger partial charge in [0.1, 0.15) is 0 Å². The molecule has 1 rings (SSSR count). The molecule has 1 aromatic carbocycles. The van der Waals surface area contributed by atoms with Crippen LogP contribution in [0.1, 0.15) is 52.7 Å². The molecule has 15 heavy (non-hydrogen) atoms. The van der Waals surface area contributed by atoms with Crippen LogP contribution in [0, 0.1) is 6.07 Å². The van der Waals surface area contributed by atoms with Crippen LogP contribution < -0.4 is 51.4 Å². The van der Waals surface area contributed by atoms with Crippen LogP contribution in [-0.4, -0.2) is 0 Å². The van der Waals surface area contributed by atoms with E-state index in [1.54, 1.807) is 0 Å². The second kappa shape index (κ2) is 5.46. The van der Waals surface area contributed by atoms with Gasteiger partial charge in [-0.25, -0.2) is 0 Å². The van der Waals surface area contributed by atoms with E-state index in [4.69, 9.17) is 0 Å². The second-order valence-corrected chi connectivity index (χ2v) is 5.99. The summed E-state index contributed by atoms with van der Waals surface area (Å²) in [7, 11) is 0. The molecule has 0 N–H and O–H groups in total. The maximum absolute atomic E-state index is 3.32. The Bertz CT molecular complexity index is 284. The summed E-state index contributed by atoms with van der Waals surface area (Å²) < 4.78 is 0. The first-order valence-electron chi connectivity index (χ1n) is 5.24. The van der Waals surface area contributed by atoms with Crippen molar-refractivity contribution in [3.8, 4) is 0 Å². The normalized spacial score (nSPS) is 12.1. The summed E-state index contributed by atoms with van der Waals surface area (Å²) in [4.78, 5) is 0. The monoisotopic (exact) mass is 228 g/mol. The SMILES string of the molecule is CC(C)(C)c1[c-]ccc(C(C)(C)C)c1.[K+]. The van der Waals surface area contributed by atoms with Gasteiger partial charge in [0.2, 0.25) is 0 Å². The van der Waals surface area contributed by atoms with E-state index in [0.29, 0.717) is 0 Å². The largest absolute Gasteiger partial charge is 1.00 e. The van der Waals surface area contributed by atoms with Crippen LogP contribution in [-0.2, 0) is 10.8 Å². The van der Waals surface area contributed by atoms with Crippen molar-refractivity contribution < 1.29 is 51.4 Å². The summed E-state index contributed by atoms with van der Waals surface area (Å²) >= 11 is 0. The van der Waals surface area contributed by atoms with Crippen LogP contribution in [0.3, 0.4) is 0 Å². The van der Waals surface area contributed by atoms with E-state index in [-0.39, 0.29) is 62.2 Å². The number of benzene rings is 1. The fourth-order valence-electron chi connectivity index (χ4n) is 1.37. The molecule has 0 amide bonds. The minimum atomic E-state index is 0. The van der Waals surface area contributed by atoms with E-state index in [0.717, 1.165) is 0 Å². The van der Waals surface area contributed by atoms with Crippen molar-refractivity contribution in [3.63, 3.8) is 0 Å². The summed E-state index contributed by atoms with van der Waals surface area (Å²) in [6.07, 6.45) is 0. The van der Waals surface area contributed by atoms with Gasteiger partial charge in [-0.2, -0.15) is 35.4 Å². The van der Waals surface area contributed by atoms with Gasteiger partial charge < -0.3 is 0 Å². The number of rotatable bonds is 0. The Labute approximate surface area is 137 Å². The van der Waals surface area contributed by atoms with Gasteiger partial charge in [0, 0.05) is 0 Å². The zero-order chi connectivity index (χ0) is 11.0. The standard InChI is InChI=1S/C14H21.K/c1-13(2,3)11-8-7-9-12(10-11)14(4,5)6;/h7-8,10H,1-6H3;/q-1;+1. The topological polar surface area (TPSA) is 0 Å². The molecule has 0 saturated heterocycles. The summed E-state index contributed by atoms with van der Waals surface area (Å²) in [6, 6.07) is 9.80. The number of hydrogen-bond donors (Lipinski definition) is 0. The van der Waals surface area contributed by atoms with Gasteiger partial charge in [-0.05, 0) is 10.8 Å². The van der Waals surface area contributed by atoms with E-state index in [1.165, 1.54) is 11.1 Å². The van der Waals surface area contributed by atoms with Crippen LogP contribution in [0.4, 0.5) is 0 Å². The molecular formula is C14H21K. The molecule has 0 nitrogen and oxygen atoms in total. The molecule has 1 heteroatoms. The molecule has 0 saturated carbocycles. The minimum absolute atomic E-state index is 0. The molecule has 0 bridgehead atoms. The fourth-order valence-corrected chi connectivity index (χ4v) is 1.37. The molecule has 78 valence electrons. The van der Waals surface area contributed by atoms with Gasteiger partial charge in [-0.15, -0.1) is 0 Å². The maximum atomic E-state index is 3.32. The van der Waals surface area contributed by atoms with Gasteiger partial charge in [-0.3, -0.25) is 0 Å². The Morgan fingerprint density at radius 3 is 1.87 bits per heavy atom. The van der Waals surface area contributed by atoms with Crippen molar-refractivity contribution >= 4 is 0 Å². The third kappa shape index (κ3) is 4.70. The van der Waals surface area contributed by atoms with Crippen molar-refractivity contribution in [3.05, 3.63) is 35.4 Å². The Balaban J connectivity index is 0.00000196. The fraction of sp³-hybridized carbons (Fsp3) is 0.571. The maximum Gasteiger partial charge on any atom is 1.00 e. The van der Waals surface area contributed by atoms with Crippen molar-refractivity contribution in [2.75, 3.05) is 0 Å². The van der Waals surface area contributed by atoms with E-state index >= 15 is 0 Å². The van der Waals surface area contributed by atoms with Gasteiger partial charge >= 0.3 is 51.4 Å². The predicted molar refractivity (Wildman–Crippen MR) is 62.7 cm³/mol. The van der Waals surface area contributed by atoms with E-state index < -0.39 is 0 Å². The summed E-state index contributed by atoms with van der Waals surface area (Å²) in [5, 5.41) is 0. The molecule has 0 unspecified atom stereocenters. The third-order valence-electron chi connectivity index (χ3n) is 2.48. The molecule has 0 radical (unpaired) electrons. The Morgan fingerprint density at radius 1 is 0.933 bits per heavy atom. The summed E-state index contributed by atoms with van der Waals surface area (Å²) in [5.41, 5.74) is 3.11. The van der Waals surface area contributed by atoms with Crippen molar-refractivity contribution in [2.45, 2.75) is 52.4 Å². The van der Waals surface area contributed by atoms with Gasteiger partial charge in [0.05, 0.1) is 0 Å². The van der Waals surface area contributed by atoms with E-state index in [9.17, 15) is 0 Å². The molecule has 0 aliphatic heterocycles. The first-order valence-corrected chi connectivity index (χ1v) is 5.24. The molecule has 0 aliphatic carbocycles. The third-order valence-corrected chi connectivity index (χ3v) is 2.48. The summed E-state index contributed by atoms with van der Waals surface area (Å²) in [5.74, 6) is 0. The first kappa shape index (κ1) is 15.9. The molecule has 0 atom stereocenters. The van der Waals surface area contributed by atoms with E-state index in [2.05, 4.69) is 59.7 Å². The van der Waals surface area contributed by atoms with Gasteiger partial charge in [-0.1, -0.05) is 41.5 Å². The molecule has 0 fully saturated rings. The van der Waals surface area contributed by atoms with Crippen molar-refractivity contribution in [1.29, 1.82) is 0 Å². The average molecular weight is 228 g/mol. The minimum Gasteiger partial charge on any atom is -0.180 e. The smallest absolute Gasteiger partial charge is 0.180 e. The average Bonchev–Trinajstić information content (AvgIpc) is 2.01. The second-order valence-electron chi connectivity index (χ2n) is 5.99. The van der Waals surface area contributed by atoms with Gasteiger partial charge in [0.15, 0.2) is 0 Å². The Morgan fingerprint density at radius 2 is 1.47 bits per heavy atom. The Kier molecular flexibility index (Phi) is 5.77. The van der Waals surface area contributed by atoms with Crippen LogP contribution in [0.2, 0.25) is 0 Å². The zero-order valence-corrected chi connectivity index (χ0v) is 14.4. The molecule has 1 aromatic rings. The van der Waals surface area contributed by atoms with E-state index in [1.807, 2.05) is 6.07 Å². The van der Waals surface area contributed by atoms with Crippen LogP contribution in [0.15, 0.2) is 18.2 Å². The van der Waals surface area contributed by atoms with Crippen LogP contribution in [0.25, 0.3) is 0 Å².